The number of carbonyl (C=O) groups is 1. The Balaban J connectivity index is 1.68. The predicted octanol–water partition coefficient (Wildman–Crippen LogP) is 4.70. The molecule has 4 N–H and O–H groups in total. The van der Waals surface area contributed by atoms with E-state index in [4.69, 9.17) is 11.5 Å². The van der Waals surface area contributed by atoms with Crippen LogP contribution in [0.3, 0.4) is 0 Å². The molecule has 168 valence electrons. The Morgan fingerprint density at radius 2 is 1.81 bits per heavy atom. The van der Waals surface area contributed by atoms with Crippen molar-refractivity contribution < 1.29 is 4.79 Å². The highest BCUT2D eigenvalue weighted by atomic mass is 16.2. The van der Waals surface area contributed by atoms with Gasteiger partial charge in [0.25, 0.3) is 0 Å². The second-order valence-electron chi connectivity index (χ2n) is 8.03. The van der Waals surface area contributed by atoms with Crippen LogP contribution in [0.1, 0.15) is 31.7 Å². The number of allylic oxidation sites excluding steroid dienone is 1. The fourth-order valence-electron chi connectivity index (χ4n) is 4.17. The molecule has 0 spiro atoms. The van der Waals surface area contributed by atoms with E-state index in [1.807, 2.05) is 54.6 Å². The van der Waals surface area contributed by atoms with Crippen molar-refractivity contribution in [3.63, 3.8) is 0 Å². The standard InChI is InChI=1S/C26H33N5O/c1-3-25(29-2)21(12-9-20-10-13-22(27)14-11-20)19-30-17-15-24(16-18-30)31(26(28)32)23-7-5-4-6-8-23/h4-14,24H,2-3,15-19,27H2,1H3,(H2,28,32)/b12-9-,25-21+. The zero-order valence-corrected chi connectivity index (χ0v) is 18.8. The van der Waals surface area contributed by atoms with Gasteiger partial charge in [0.1, 0.15) is 0 Å². The largest absolute Gasteiger partial charge is 0.399 e. The lowest BCUT2D eigenvalue weighted by Gasteiger charge is -2.38. The number of urea groups is 1. The maximum absolute atomic E-state index is 12.2. The fourth-order valence-corrected chi connectivity index (χ4v) is 4.17. The molecular weight excluding hydrogens is 398 g/mol. The van der Waals surface area contributed by atoms with Crippen molar-refractivity contribution in [2.45, 2.75) is 32.2 Å². The number of aliphatic imine (C=N–C) groups is 1. The zero-order valence-electron chi connectivity index (χ0n) is 18.8. The number of hydrogen-bond acceptors (Lipinski definition) is 4. The molecule has 0 radical (unpaired) electrons. The molecule has 0 atom stereocenters. The van der Waals surface area contributed by atoms with Gasteiger partial charge in [0.15, 0.2) is 0 Å². The minimum atomic E-state index is -0.397. The van der Waals surface area contributed by atoms with Crippen LogP contribution in [0.4, 0.5) is 16.2 Å². The second kappa shape index (κ2) is 11.3. The number of nitrogens with two attached hydrogens (primary N) is 2. The van der Waals surface area contributed by atoms with Gasteiger partial charge in [0.2, 0.25) is 0 Å². The molecule has 0 unspecified atom stereocenters. The van der Waals surface area contributed by atoms with Gasteiger partial charge >= 0.3 is 6.03 Å². The van der Waals surface area contributed by atoms with Gasteiger partial charge in [0.05, 0.1) is 0 Å². The van der Waals surface area contributed by atoms with Crippen LogP contribution in [0.2, 0.25) is 0 Å². The number of nitrogens with zero attached hydrogens (tertiary/aromatic N) is 3. The number of para-hydroxylation sites is 1. The Morgan fingerprint density at radius 3 is 2.38 bits per heavy atom. The first kappa shape index (κ1) is 23.3. The third-order valence-corrected chi connectivity index (χ3v) is 5.90. The third-order valence-electron chi connectivity index (χ3n) is 5.90. The van der Waals surface area contributed by atoms with Gasteiger partial charge in [-0.15, -0.1) is 0 Å². The lowest BCUT2D eigenvalue weighted by atomic mass is 10.0. The summed E-state index contributed by atoms with van der Waals surface area (Å²) in [4.78, 5) is 20.6. The summed E-state index contributed by atoms with van der Waals surface area (Å²) < 4.78 is 0. The number of anilines is 2. The number of likely N-dealkylation sites (tertiary alicyclic amines) is 1. The lowest BCUT2D eigenvalue weighted by molar-refractivity contribution is 0.218. The minimum absolute atomic E-state index is 0.104. The number of amides is 2. The first-order valence-corrected chi connectivity index (χ1v) is 11.1. The van der Waals surface area contributed by atoms with Crippen LogP contribution in [-0.2, 0) is 0 Å². The average Bonchev–Trinajstić information content (AvgIpc) is 2.81. The average molecular weight is 432 g/mol. The SMILES string of the molecule is C=N/C(CC)=C(\C=C/c1ccc(N)cc1)CN1CCC(N(C(N)=O)c2ccccc2)CC1. The molecule has 2 aromatic rings. The van der Waals surface area contributed by atoms with E-state index in [2.05, 4.69) is 35.7 Å². The number of rotatable bonds is 8. The van der Waals surface area contributed by atoms with E-state index in [9.17, 15) is 4.79 Å². The van der Waals surface area contributed by atoms with Gasteiger partial charge in [0, 0.05) is 42.7 Å². The molecule has 3 rings (SSSR count). The Morgan fingerprint density at radius 1 is 1.16 bits per heavy atom. The second-order valence-corrected chi connectivity index (χ2v) is 8.03. The highest BCUT2D eigenvalue weighted by Gasteiger charge is 2.28. The van der Waals surface area contributed by atoms with Gasteiger partial charge in [-0.05, 0) is 61.4 Å². The molecule has 0 aliphatic carbocycles. The fraction of sp³-hybridized carbons (Fsp3) is 0.308. The van der Waals surface area contributed by atoms with E-state index < -0.39 is 6.03 Å². The molecule has 6 heteroatoms. The van der Waals surface area contributed by atoms with E-state index in [0.29, 0.717) is 0 Å². The summed E-state index contributed by atoms with van der Waals surface area (Å²) in [5.41, 5.74) is 16.4. The Bertz CT molecular complexity index is 957. The van der Waals surface area contributed by atoms with Crippen LogP contribution in [0.15, 0.2) is 76.9 Å². The molecule has 32 heavy (non-hydrogen) atoms. The number of piperidine rings is 1. The van der Waals surface area contributed by atoms with Gasteiger partial charge in [-0.25, -0.2) is 4.79 Å². The van der Waals surface area contributed by atoms with Crippen molar-refractivity contribution in [2.24, 2.45) is 10.7 Å². The summed E-state index contributed by atoms with van der Waals surface area (Å²) >= 11 is 0. The predicted molar refractivity (Wildman–Crippen MR) is 135 cm³/mol. The molecule has 1 aliphatic rings. The molecule has 6 nitrogen and oxygen atoms in total. The van der Waals surface area contributed by atoms with E-state index >= 15 is 0 Å². The topological polar surface area (TPSA) is 87.9 Å². The van der Waals surface area contributed by atoms with E-state index in [1.165, 1.54) is 0 Å². The maximum atomic E-state index is 12.2. The zero-order chi connectivity index (χ0) is 22.9. The van der Waals surface area contributed by atoms with Crippen LogP contribution >= 0.6 is 0 Å². The first-order valence-electron chi connectivity index (χ1n) is 11.1. The quantitative estimate of drug-likeness (QED) is 0.361. The first-order chi connectivity index (χ1) is 15.5. The number of nitrogen functional groups attached to an aromatic ring is 1. The number of hydrogen-bond donors (Lipinski definition) is 2. The summed E-state index contributed by atoms with van der Waals surface area (Å²) in [6, 6.07) is 17.2. The van der Waals surface area contributed by atoms with E-state index in [-0.39, 0.29) is 6.04 Å². The summed E-state index contributed by atoms with van der Waals surface area (Å²) in [6.07, 6.45) is 6.79. The van der Waals surface area contributed by atoms with Crippen molar-refractivity contribution >= 4 is 30.2 Å². The van der Waals surface area contributed by atoms with Crippen molar-refractivity contribution in [3.8, 4) is 0 Å². The smallest absolute Gasteiger partial charge is 0.319 e. The molecule has 0 aromatic heterocycles. The summed E-state index contributed by atoms with van der Waals surface area (Å²) in [7, 11) is 0. The van der Waals surface area contributed by atoms with Crippen LogP contribution in [-0.4, -0.2) is 43.3 Å². The third kappa shape index (κ3) is 6.08. The van der Waals surface area contributed by atoms with Crippen molar-refractivity contribution in [1.29, 1.82) is 0 Å². The monoisotopic (exact) mass is 431 g/mol. The van der Waals surface area contributed by atoms with E-state index in [1.54, 1.807) is 4.90 Å². The van der Waals surface area contributed by atoms with Crippen LogP contribution in [0.5, 0.6) is 0 Å². The van der Waals surface area contributed by atoms with Gasteiger partial charge in [-0.3, -0.25) is 14.8 Å². The van der Waals surface area contributed by atoms with Crippen LogP contribution in [0, 0.1) is 0 Å². The van der Waals surface area contributed by atoms with Gasteiger partial charge in [-0.2, -0.15) is 0 Å². The molecule has 0 saturated carbocycles. The lowest BCUT2D eigenvalue weighted by Crippen LogP contribution is -2.49. The number of primary amides is 1. The number of carbonyl (C=O) groups excluding carboxylic acids is 1. The van der Waals surface area contributed by atoms with E-state index in [0.717, 1.165) is 67.1 Å². The highest BCUT2D eigenvalue weighted by molar-refractivity contribution is 5.91. The summed E-state index contributed by atoms with van der Waals surface area (Å²) in [6.45, 7) is 8.42. The Hall–Kier alpha value is -3.38. The Kier molecular flexibility index (Phi) is 8.22. The molecule has 1 saturated heterocycles. The van der Waals surface area contributed by atoms with Crippen LogP contribution in [0.25, 0.3) is 6.08 Å². The maximum Gasteiger partial charge on any atom is 0.319 e. The summed E-state index contributed by atoms with van der Waals surface area (Å²) in [5, 5.41) is 0. The van der Waals surface area contributed by atoms with Gasteiger partial charge < -0.3 is 11.5 Å². The van der Waals surface area contributed by atoms with Crippen LogP contribution < -0.4 is 16.4 Å². The normalized spacial score (nSPS) is 16.0. The molecule has 2 aromatic carbocycles. The van der Waals surface area contributed by atoms with Crippen molar-refractivity contribution in [2.75, 3.05) is 30.3 Å². The minimum Gasteiger partial charge on any atom is -0.399 e. The molecule has 0 bridgehead atoms. The summed E-state index contributed by atoms with van der Waals surface area (Å²) in [5.74, 6) is 0. The Labute approximate surface area is 190 Å². The molecule has 1 heterocycles. The molecule has 1 fully saturated rings. The number of benzene rings is 2. The van der Waals surface area contributed by atoms with Gasteiger partial charge in [-0.1, -0.05) is 49.4 Å². The highest BCUT2D eigenvalue weighted by Crippen LogP contribution is 2.25. The van der Waals surface area contributed by atoms with Crippen molar-refractivity contribution in [3.05, 3.63) is 77.5 Å². The molecule has 1 aliphatic heterocycles. The molecule has 2 amide bonds. The molecular formula is C26H33N5O. The van der Waals surface area contributed by atoms with Crippen molar-refractivity contribution in [1.82, 2.24) is 4.90 Å².